The normalized spacial score (nSPS) is 19.6. The fraction of sp³-hybridized carbons (Fsp3) is 0.700. The van der Waals surface area contributed by atoms with Crippen molar-refractivity contribution in [3.8, 4) is 0 Å². The van der Waals surface area contributed by atoms with E-state index < -0.39 is 5.79 Å². The molecule has 16 heavy (non-hydrogen) atoms. The van der Waals surface area contributed by atoms with Crippen molar-refractivity contribution in [1.82, 2.24) is 14.7 Å². The lowest BCUT2D eigenvalue weighted by Gasteiger charge is -2.47. The Bertz CT molecular complexity index is 340. The van der Waals surface area contributed by atoms with Crippen molar-refractivity contribution in [3.05, 3.63) is 12.4 Å². The van der Waals surface area contributed by atoms with E-state index in [-0.39, 0.29) is 0 Å². The van der Waals surface area contributed by atoms with E-state index in [1.54, 1.807) is 20.4 Å². The number of nitrogens with zero attached hydrogens (tertiary/aromatic N) is 3. The van der Waals surface area contributed by atoms with Gasteiger partial charge in [-0.1, -0.05) is 0 Å². The van der Waals surface area contributed by atoms with Gasteiger partial charge in [0.05, 0.1) is 31.5 Å². The molecule has 1 aliphatic rings. The largest absolute Gasteiger partial charge is 0.396 e. The molecule has 0 saturated carbocycles. The lowest BCUT2D eigenvalue weighted by atomic mass is 10.1. The Labute approximate surface area is 94.9 Å². The van der Waals surface area contributed by atoms with Gasteiger partial charge in [-0.05, 0) is 0 Å². The van der Waals surface area contributed by atoms with Gasteiger partial charge < -0.3 is 15.2 Å². The molecule has 1 fully saturated rings. The molecule has 6 heteroatoms. The van der Waals surface area contributed by atoms with Crippen molar-refractivity contribution in [2.24, 2.45) is 0 Å². The van der Waals surface area contributed by atoms with E-state index in [0.29, 0.717) is 5.69 Å². The van der Waals surface area contributed by atoms with E-state index in [9.17, 15) is 0 Å². The molecule has 1 saturated heterocycles. The van der Waals surface area contributed by atoms with Crippen LogP contribution in [0.1, 0.15) is 0 Å². The minimum Gasteiger partial charge on any atom is -0.396 e. The van der Waals surface area contributed by atoms with Gasteiger partial charge >= 0.3 is 0 Å². The quantitative estimate of drug-likeness (QED) is 0.703. The van der Waals surface area contributed by atoms with Gasteiger partial charge in [-0.25, -0.2) is 0 Å². The Hall–Kier alpha value is -1.11. The van der Waals surface area contributed by atoms with Crippen LogP contribution in [0.25, 0.3) is 0 Å². The Kier molecular flexibility index (Phi) is 3.13. The highest BCUT2D eigenvalue weighted by molar-refractivity contribution is 5.30. The summed E-state index contributed by atoms with van der Waals surface area (Å²) in [5, 5.41) is 4.13. The van der Waals surface area contributed by atoms with Crippen LogP contribution in [0.3, 0.4) is 0 Å². The minimum absolute atomic E-state index is 0.400. The molecule has 0 spiro atoms. The molecule has 0 unspecified atom stereocenters. The van der Waals surface area contributed by atoms with Gasteiger partial charge in [-0.15, -0.1) is 0 Å². The van der Waals surface area contributed by atoms with Crippen LogP contribution in [-0.4, -0.2) is 54.3 Å². The van der Waals surface area contributed by atoms with E-state index >= 15 is 0 Å². The van der Waals surface area contributed by atoms with Crippen LogP contribution in [0.15, 0.2) is 12.4 Å². The molecule has 0 radical (unpaired) electrons. The Morgan fingerprint density at radius 3 is 2.56 bits per heavy atom. The van der Waals surface area contributed by atoms with Crippen LogP contribution in [0.5, 0.6) is 0 Å². The van der Waals surface area contributed by atoms with Crippen LogP contribution in [0.4, 0.5) is 5.69 Å². The maximum absolute atomic E-state index is 5.58. The fourth-order valence-electron chi connectivity index (χ4n) is 1.88. The van der Waals surface area contributed by atoms with Gasteiger partial charge in [0.25, 0.3) is 0 Å². The molecule has 2 heterocycles. The lowest BCUT2D eigenvalue weighted by molar-refractivity contribution is -0.275. The van der Waals surface area contributed by atoms with E-state index in [0.717, 1.165) is 26.2 Å². The Morgan fingerprint density at radius 1 is 1.38 bits per heavy atom. The predicted octanol–water partition coefficient (Wildman–Crippen LogP) is -0.230. The van der Waals surface area contributed by atoms with Crippen LogP contribution < -0.4 is 5.73 Å². The second-order valence-corrected chi connectivity index (χ2v) is 4.07. The highest BCUT2D eigenvalue weighted by atomic mass is 16.7. The lowest BCUT2D eigenvalue weighted by Crippen LogP contribution is -2.64. The minimum atomic E-state index is -0.400. The molecule has 0 atom stereocenters. The van der Waals surface area contributed by atoms with E-state index in [1.165, 1.54) is 0 Å². The number of ether oxygens (including phenoxy) is 2. The van der Waals surface area contributed by atoms with Gasteiger partial charge in [0, 0.05) is 27.0 Å². The number of hydrogen-bond acceptors (Lipinski definition) is 5. The molecular weight excluding hydrogens is 208 g/mol. The molecule has 6 nitrogen and oxygen atoms in total. The van der Waals surface area contributed by atoms with Gasteiger partial charge in [-0.3, -0.25) is 9.58 Å². The van der Waals surface area contributed by atoms with E-state index in [1.807, 2.05) is 10.9 Å². The number of anilines is 1. The number of rotatable bonds is 5. The second-order valence-electron chi connectivity index (χ2n) is 4.07. The molecule has 0 aromatic carbocycles. The molecule has 1 aromatic heterocycles. The van der Waals surface area contributed by atoms with Crippen LogP contribution in [0, 0.1) is 0 Å². The van der Waals surface area contributed by atoms with Crippen molar-refractivity contribution < 1.29 is 9.47 Å². The van der Waals surface area contributed by atoms with Crippen molar-refractivity contribution in [3.63, 3.8) is 0 Å². The van der Waals surface area contributed by atoms with Crippen LogP contribution >= 0.6 is 0 Å². The molecular formula is C10H18N4O2. The summed E-state index contributed by atoms with van der Waals surface area (Å²) in [6.07, 6.45) is 3.49. The number of aromatic nitrogens is 2. The number of likely N-dealkylation sites (tertiary alicyclic amines) is 1. The third kappa shape index (κ3) is 2.18. The standard InChI is InChI=1S/C10H18N4O2/c1-15-10(16-2)7-13(8-10)3-4-14-6-9(11)5-12-14/h5-6H,3-4,7-8,11H2,1-2H3. The third-order valence-electron chi connectivity index (χ3n) is 2.97. The fourth-order valence-corrected chi connectivity index (χ4v) is 1.88. The zero-order valence-electron chi connectivity index (χ0n) is 9.72. The first-order valence-corrected chi connectivity index (χ1v) is 5.28. The van der Waals surface area contributed by atoms with Crippen molar-refractivity contribution in [1.29, 1.82) is 0 Å². The third-order valence-corrected chi connectivity index (χ3v) is 2.97. The average Bonchev–Trinajstić information content (AvgIpc) is 2.63. The zero-order valence-corrected chi connectivity index (χ0v) is 9.72. The van der Waals surface area contributed by atoms with Gasteiger partial charge in [0.2, 0.25) is 0 Å². The van der Waals surface area contributed by atoms with Crippen LogP contribution in [-0.2, 0) is 16.0 Å². The average molecular weight is 226 g/mol. The Morgan fingerprint density at radius 2 is 2.06 bits per heavy atom. The first kappa shape index (κ1) is 11.4. The summed E-state index contributed by atoms with van der Waals surface area (Å²) in [6.45, 7) is 3.36. The molecule has 1 aliphatic heterocycles. The van der Waals surface area contributed by atoms with Crippen LogP contribution in [0.2, 0.25) is 0 Å². The summed E-state index contributed by atoms with van der Waals surface area (Å²) in [7, 11) is 3.35. The molecule has 0 aliphatic carbocycles. The summed E-state index contributed by atoms with van der Waals surface area (Å²) in [5.41, 5.74) is 6.28. The van der Waals surface area contributed by atoms with Crippen molar-refractivity contribution in [2.75, 3.05) is 39.6 Å². The highest BCUT2D eigenvalue weighted by Gasteiger charge is 2.43. The smallest absolute Gasteiger partial charge is 0.193 e. The summed E-state index contributed by atoms with van der Waals surface area (Å²) in [6, 6.07) is 0. The molecule has 90 valence electrons. The van der Waals surface area contributed by atoms with Crippen molar-refractivity contribution in [2.45, 2.75) is 12.3 Å². The van der Waals surface area contributed by atoms with Crippen molar-refractivity contribution >= 4 is 5.69 Å². The molecule has 1 aromatic rings. The Balaban J connectivity index is 1.74. The zero-order chi connectivity index (χ0) is 11.6. The summed E-state index contributed by atoms with van der Waals surface area (Å²) < 4.78 is 12.4. The molecule has 0 bridgehead atoms. The van der Waals surface area contributed by atoms with Gasteiger partial charge in [0.1, 0.15) is 0 Å². The van der Waals surface area contributed by atoms with Gasteiger partial charge in [-0.2, -0.15) is 5.10 Å². The first-order chi connectivity index (χ1) is 7.67. The number of methoxy groups -OCH3 is 2. The monoisotopic (exact) mass is 226 g/mol. The maximum atomic E-state index is 5.58. The molecule has 2 N–H and O–H groups in total. The molecule has 2 rings (SSSR count). The first-order valence-electron chi connectivity index (χ1n) is 5.28. The maximum Gasteiger partial charge on any atom is 0.193 e. The summed E-state index contributed by atoms with van der Waals surface area (Å²) in [5.74, 6) is -0.400. The number of nitrogens with two attached hydrogens (primary N) is 1. The second kappa shape index (κ2) is 4.40. The highest BCUT2D eigenvalue weighted by Crippen LogP contribution is 2.24. The van der Waals surface area contributed by atoms with Gasteiger partial charge in [0.15, 0.2) is 5.79 Å². The van der Waals surface area contributed by atoms with E-state index in [2.05, 4.69) is 10.00 Å². The number of hydrogen-bond donors (Lipinski definition) is 1. The summed E-state index contributed by atoms with van der Waals surface area (Å²) >= 11 is 0. The topological polar surface area (TPSA) is 65.5 Å². The molecule has 0 amide bonds. The summed E-state index contributed by atoms with van der Waals surface area (Å²) in [4.78, 5) is 2.25. The van der Waals surface area contributed by atoms with E-state index in [4.69, 9.17) is 15.2 Å². The predicted molar refractivity (Wildman–Crippen MR) is 59.8 cm³/mol. The number of nitrogen functional groups attached to an aromatic ring is 1. The SMILES string of the molecule is COC1(OC)CN(CCn2cc(N)cn2)C1.